The van der Waals surface area contributed by atoms with Crippen LogP contribution in [-0.4, -0.2) is 5.78 Å². The predicted molar refractivity (Wildman–Crippen MR) is 90.1 cm³/mol. The van der Waals surface area contributed by atoms with Crippen LogP contribution in [0.1, 0.15) is 28.4 Å². The number of carbonyl (C=O) groups excluding carboxylic acids is 1. The van der Waals surface area contributed by atoms with Crippen LogP contribution in [0, 0.1) is 0 Å². The number of rotatable bonds is 2. The minimum atomic E-state index is 0.140. The topological polar surface area (TPSA) is 17.1 Å². The standard InChI is InChI=1S/C21H16O/c1-2-14-7-3-4-8-16(14)15-11-12-18-17-9-5-6-10-19(17)21(22)20(18)13-15/h3-13H,2H2,1H3. The normalized spacial score (nSPS) is 12.1. The maximum Gasteiger partial charge on any atom is 0.194 e. The van der Waals surface area contributed by atoms with Gasteiger partial charge in [0.15, 0.2) is 5.78 Å². The van der Waals surface area contributed by atoms with Gasteiger partial charge in [0.25, 0.3) is 0 Å². The van der Waals surface area contributed by atoms with E-state index < -0.39 is 0 Å². The molecule has 0 atom stereocenters. The van der Waals surface area contributed by atoms with E-state index in [1.165, 1.54) is 11.1 Å². The molecule has 0 aliphatic heterocycles. The Morgan fingerprint density at radius 2 is 1.32 bits per heavy atom. The molecule has 0 saturated carbocycles. The Morgan fingerprint density at radius 3 is 2.09 bits per heavy atom. The fourth-order valence-electron chi connectivity index (χ4n) is 3.31. The summed E-state index contributed by atoms with van der Waals surface area (Å²) in [5.74, 6) is 0.140. The van der Waals surface area contributed by atoms with Crippen LogP contribution in [-0.2, 0) is 6.42 Å². The molecule has 1 heteroatoms. The van der Waals surface area contributed by atoms with Crippen LogP contribution in [0.4, 0.5) is 0 Å². The Morgan fingerprint density at radius 1 is 0.682 bits per heavy atom. The quantitative estimate of drug-likeness (QED) is 0.499. The molecule has 0 bridgehead atoms. The van der Waals surface area contributed by atoms with Crippen molar-refractivity contribution < 1.29 is 4.79 Å². The maximum atomic E-state index is 12.6. The van der Waals surface area contributed by atoms with Crippen LogP contribution >= 0.6 is 0 Å². The highest BCUT2D eigenvalue weighted by atomic mass is 16.1. The summed E-state index contributed by atoms with van der Waals surface area (Å²) in [6, 6.07) is 22.5. The predicted octanol–water partition coefficient (Wildman–Crippen LogP) is 5.13. The van der Waals surface area contributed by atoms with Gasteiger partial charge in [0.05, 0.1) is 0 Å². The van der Waals surface area contributed by atoms with Crippen molar-refractivity contribution in [3.05, 3.63) is 83.4 Å². The number of benzene rings is 3. The summed E-state index contributed by atoms with van der Waals surface area (Å²) in [7, 11) is 0. The molecule has 0 unspecified atom stereocenters. The van der Waals surface area contributed by atoms with E-state index >= 15 is 0 Å². The third-order valence-electron chi connectivity index (χ3n) is 4.44. The number of aryl methyl sites for hydroxylation is 1. The largest absolute Gasteiger partial charge is 0.289 e. The van der Waals surface area contributed by atoms with Crippen molar-refractivity contribution in [3.63, 3.8) is 0 Å². The highest BCUT2D eigenvalue weighted by molar-refractivity contribution is 6.22. The van der Waals surface area contributed by atoms with Crippen molar-refractivity contribution in [2.45, 2.75) is 13.3 Å². The van der Waals surface area contributed by atoms with E-state index in [4.69, 9.17) is 0 Å². The van der Waals surface area contributed by atoms with Crippen LogP contribution in [0.2, 0.25) is 0 Å². The van der Waals surface area contributed by atoms with Crippen molar-refractivity contribution in [2.24, 2.45) is 0 Å². The first-order chi connectivity index (χ1) is 10.8. The maximum absolute atomic E-state index is 12.6. The van der Waals surface area contributed by atoms with Crippen LogP contribution in [0.5, 0.6) is 0 Å². The lowest BCUT2D eigenvalue weighted by atomic mass is 9.95. The molecule has 3 aromatic rings. The zero-order chi connectivity index (χ0) is 15.1. The fourth-order valence-corrected chi connectivity index (χ4v) is 3.31. The van der Waals surface area contributed by atoms with Crippen molar-refractivity contribution in [2.75, 3.05) is 0 Å². The summed E-state index contributed by atoms with van der Waals surface area (Å²) in [5.41, 5.74) is 7.40. The lowest BCUT2D eigenvalue weighted by molar-refractivity contribution is 0.104. The summed E-state index contributed by atoms with van der Waals surface area (Å²) in [4.78, 5) is 12.6. The lowest BCUT2D eigenvalue weighted by Crippen LogP contribution is -1.95. The zero-order valence-electron chi connectivity index (χ0n) is 12.5. The molecule has 0 fully saturated rings. The molecular formula is C21H16O. The summed E-state index contributed by atoms with van der Waals surface area (Å²) < 4.78 is 0. The fraction of sp³-hybridized carbons (Fsp3) is 0.0952. The van der Waals surface area contributed by atoms with Crippen LogP contribution in [0.15, 0.2) is 66.7 Å². The molecule has 0 heterocycles. The van der Waals surface area contributed by atoms with Crippen LogP contribution in [0.3, 0.4) is 0 Å². The van der Waals surface area contributed by atoms with Gasteiger partial charge in [-0.2, -0.15) is 0 Å². The Hall–Kier alpha value is -2.67. The minimum absolute atomic E-state index is 0.140. The average Bonchev–Trinajstić information content (AvgIpc) is 2.88. The van der Waals surface area contributed by atoms with E-state index in [1.807, 2.05) is 30.3 Å². The smallest absolute Gasteiger partial charge is 0.194 e. The summed E-state index contributed by atoms with van der Waals surface area (Å²) in [6.45, 7) is 2.16. The molecule has 0 saturated heterocycles. The third-order valence-corrected chi connectivity index (χ3v) is 4.44. The van der Waals surface area contributed by atoms with Gasteiger partial charge in [0, 0.05) is 11.1 Å². The minimum Gasteiger partial charge on any atom is -0.289 e. The van der Waals surface area contributed by atoms with Gasteiger partial charge in [-0.15, -0.1) is 0 Å². The first kappa shape index (κ1) is 13.0. The Bertz CT molecular complexity index is 890. The van der Waals surface area contributed by atoms with E-state index in [9.17, 15) is 4.79 Å². The van der Waals surface area contributed by atoms with Gasteiger partial charge in [-0.05, 0) is 40.3 Å². The first-order valence-corrected chi connectivity index (χ1v) is 7.66. The van der Waals surface area contributed by atoms with Crippen LogP contribution in [0.25, 0.3) is 22.3 Å². The molecule has 1 aliphatic carbocycles. The number of fused-ring (bicyclic) bond motifs is 3. The summed E-state index contributed by atoms with van der Waals surface area (Å²) in [5, 5.41) is 0. The zero-order valence-corrected chi connectivity index (χ0v) is 12.5. The van der Waals surface area contributed by atoms with Crippen molar-refractivity contribution in [1.82, 2.24) is 0 Å². The molecule has 1 aliphatic rings. The van der Waals surface area contributed by atoms with Gasteiger partial charge < -0.3 is 0 Å². The highest BCUT2D eigenvalue weighted by Crippen LogP contribution is 2.38. The summed E-state index contributed by atoms with van der Waals surface area (Å²) >= 11 is 0. The molecular weight excluding hydrogens is 268 g/mol. The van der Waals surface area contributed by atoms with Gasteiger partial charge >= 0.3 is 0 Å². The molecule has 0 radical (unpaired) electrons. The number of carbonyl (C=O) groups is 1. The average molecular weight is 284 g/mol. The molecule has 3 aromatic carbocycles. The van der Waals surface area contributed by atoms with Gasteiger partial charge in [-0.1, -0.05) is 67.6 Å². The molecule has 0 aromatic heterocycles. The molecule has 0 amide bonds. The Kier molecular flexibility index (Phi) is 2.93. The molecule has 1 nitrogen and oxygen atoms in total. The molecule has 22 heavy (non-hydrogen) atoms. The molecule has 0 spiro atoms. The summed E-state index contributed by atoms with van der Waals surface area (Å²) in [6.07, 6.45) is 0.988. The molecule has 106 valence electrons. The first-order valence-electron chi connectivity index (χ1n) is 7.66. The van der Waals surface area contributed by atoms with Gasteiger partial charge in [0.2, 0.25) is 0 Å². The number of hydrogen-bond acceptors (Lipinski definition) is 1. The van der Waals surface area contributed by atoms with Gasteiger partial charge in [0.1, 0.15) is 0 Å². The third kappa shape index (κ3) is 1.82. The number of ketones is 1. The second kappa shape index (κ2) is 4.96. The molecule has 0 N–H and O–H groups in total. The van der Waals surface area contributed by atoms with Gasteiger partial charge in [-0.25, -0.2) is 0 Å². The molecule has 4 rings (SSSR count). The van der Waals surface area contributed by atoms with E-state index in [-0.39, 0.29) is 5.78 Å². The van der Waals surface area contributed by atoms with Crippen molar-refractivity contribution in [1.29, 1.82) is 0 Å². The second-order valence-corrected chi connectivity index (χ2v) is 5.65. The van der Waals surface area contributed by atoms with Gasteiger partial charge in [-0.3, -0.25) is 4.79 Å². The van der Waals surface area contributed by atoms with E-state index in [0.29, 0.717) is 0 Å². The number of hydrogen-bond donors (Lipinski definition) is 0. The van der Waals surface area contributed by atoms with E-state index in [0.717, 1.165) is 34.2 Å². The highest BCUT2D eigenvalue weighted by Gasteiger charge is 2.26. The SMILES string of the molecule is CCc1ccccc1-c1ccc2c(c1)C(=O)c1ccccc1-2. The van der Waals surface area contributed by atoms with E-state index in [1.54, 1.807) is 0 Å². The Labute approximate surface area is 130 Å². The van der Waals surface area contributed by atoms with Crippen LogP contribution < -0.4 is 0 Å². The van der Waals surface area contributed by atoms with Crippen molar-refractivity contribution >= 4 is 5.78 Å². The lowest BCUT2D eigenvalue weighted by Gasteiger charge is -2.09. The van der Waals surface area contributed by atoms with E-state index in [2.05, 4.69) is 43.3 Å². The Balaban J connectivity index is 1.90. The van der Waals surface area contributed by atoms with Crippen molar-refractivity contribution in [3.8, 4) is 22.3 Å². The monoisotopic (exact) mass is 284 g/mol. The second-order valence-electron chi connectivity index (χ2n) is 5.65.